The van der Waals surface area contributed by atoms with Gasteiger partial charge in [0.1, 0.15) is 18.1 Å². The van der Waals surface area contributed by atoms with Gasteiger partial charge in [0.05, 0.1) is 19.9 Å². The zero-order valence-corrected chi connectivity index (χ0v) is 23.7. The van der Waals surface area contributed by atoms with E-state index < -0.39 is 30.3 Å². The quantitative estimate of drug-likeness (QED) is 0.128. The fourth-order valence-corrected chi connectivity index (χ4v) is 4.00. The van der Waals surface area contributed by atoms with Crippen LogP contribution in [0.15, 0.2) is 35.5 Å². The molecule has 13 heteroatoms. The number of ether oxygens (including phenoxy) is 3. The minimum atomic E-state index is -2.27. The summed E-state index contributed by atoms with van der Waals surface area (Å²) < 4.78 is 17.0. The molecule has 0 saturated heterocycles. The van der Waals surface area contributed by atoms with Crippen LogP contribution >= 0.6 is 0 Å². The van der Waals surface area contributed by atoms with Crippen LogP contribution in [0.1, 0.15) is 18.1 Å². The molecule has 3 atom stereocenters. The predicted octanol–water partition coefficient (Wildman–Crippen LogP) is 1.77. The van der Waals surface area contributed by atoms with Gasteiger partial charge < -0.3 is 49.4 Å². The lowest BCUT2D eigenvalue weighted by Gasteiger charge is -2.12. The number of H-pyrrole nitrogens is 1. The Morgan fingerprint density at radius 3 is 2.14 bits per heavy atom. The number of hydrogen-bond donors (Lipinski definition) is 5. The molecule has 4 rings (SSSR count). The first-order valence-corrected chi connectivity index (χ1v) is 12.7. The van der Waals surface area contributed by atoms with E-state index in [-0.39, 0.29) is 0 Å². The summed E-state index contributed by atoms with van der Waals surface area (Å²) in [5.41, 5.74) is 5.39. The molecular weight excluding hydrogens is 550 g/mol. The molecule has 5 N–H and O–H groups in total. The van der Waals surface area contributed by atoms with Gasteiger partial charge in [-0.3, -0.25) is 0 Å². The van der Waals surface area contributed by atoms with Crippen molar-refractivity contribution < 1.29 is 49.1 Å². The summed E-state index contributed by atoms with van der Waals surface area (Å²) >= 11 is 0. The first-order chi connectivity index (χ1) is 19.9. The van der Waals surface area contributed by atoms with Crippen molar-refractivity contribution >= 4 is 28.6 Å². The smallest absolute Gasteiger partial charge is 0.335 e. The van der Waals surface area contributed by atoms with E-state index in [9.17, 15) is 9.59 Å². The Kier molecular flexibility index (Phi) is 10.4. The van der Waals surface area contributed by atoms with E-state index in [0.717, 1.165) is 45.6 Å². The fourth-order valence-electron chi connectivity index (χ4n) is 4.00. The van der Waals surface area contributed by atoms with Crippen molar-refractivity contribution in [2.24, 2.45) is 5.16 Å². The molecule has 0 bridgehead atoms. The summed E-state index contributed by atoms with van der Waals surface area (Å²) in [5, 5.41) is 38.0. The van der Waals surface area contributed by atoms with Gasteiger partial charge in [0.15, 0.2) is 29.8 Å². The maximum absolute atomic E-state index is 9.77. The Morgan fingerprint density at radius 2 is 1.62 bits per heavy atom. The number of aliphatic hydroxyl groups excluding tert-OH is 2. The standard InChI is InChI=1S/C25H27N3O4.C4H6O6/c1-7-15(2)32-27-25-18-14-22(30-6)21(29-5)13-17(18)24-23(25)19-12-16(8-9-20(19)26-24)31-11-10-28(3)4;5-1(3(7)8)2(6)4(9)10/h1,8-9,12-15,26H,10-11H2,2-6H3;1-2,5-6H,(H,7,8)(H,9,10)/b27-25-;/t15-;/m0./s1. The number of aliphatic hydroxyl groups is 2. The van der Waals surface area contributed by atoms with Gasteiger partial charge in [0.25, 0.3) is 0 Å². The average molecular weight is 584 g/mol. The molecule has 42 heavy (non-hydrogen) atoms. The molecule has 0 fully saturated rings. The van der Waals surface area contributed by atoms with Crippen molar-refractivity contribution in [3.8, 4) is 40.8 Å². The summed E-state index contributed by atoms with van der Waals surface area (Å²) in [6, 6.07) is 9.87. The highest BCUT2D eigenvalue weighted by Gasteiger charge is 2.32. The molecule has 0 spiro atoms. The van der Waals surface area contributed by atoms with E-state index in [2.05, 4.69) is 21.0 Å². The Balaban J connectivity index is 0.000000416. The normalized spacial score (nSPS) is 14.6. The number of rotatable bonds is 11. The molecule has 3 aromatic rings. The van der Waals surface area contributed by atoms with Gasteiger partial charge in [0, 0.05) is 34.1 Å². The van der Waals surface area contributed by atoms with Crippen LogP contribution in [0.5, 0.6) is 17.2 Å². The number of hydrogen-bond acceptors (Lipinski definition) is 10. The van der Waals surface area contributed by atoms with Gasteiger partial charge in [-0.15, -0.1) is 6.42 Å². The van der Waals surface area contributed by atoms with E-state index in [1.54, 1.807) is 21.1 Å². The number of terminal acetylenes is 1. The van der Waals surface area contributed by atoms with Gasteiger partial charge in [-0.05, 0) is 51.4 Å². The number of nitrogens with one attached hydrogen (secondary N) is 1. The SMILES string of the molecule is C#C[C@H](C)O/N=C1/c2cc(OC)c(OC)cc2-c2[nH]c3ccc(OCCN(C)C)cc3c21.O=C(O)C(O)C(O)C(=O)O. The molecule has 224 valence electrons. The van der Waals surface area contributed by atoms with Crippen LogP contribution in [-0.2, 0) is 14.4 Å². The van der Waals surface area contributed by atoms with Crippen LogP contribution in [0.4, 0.5) is 0 Å². The Labute approximate surface area is 241 Å². The molecule has 0 aliphatic heterocycles. The number of benzene rings is 2. The van der Waals surface area contributed by atoms with Crippen molar-refractivity contribution in [3.63, 3.8) is 0 Å². The van der Waals surface area contributed by atoms with E-state index >= 15 is 0 Å². The highest BCUT2D eigenvalue weighted by Crippen LogP contribution is 2.46. The van der Waals surface area contributed by atoms with Gasteiger partial charge in [-0.25, -0.2) is 9.59 Å². The summed E-state index contributed by atoms with van der Waals surface area (Å²) in [7, 11) is 7.27. The van der Waals surface area contributed by atoms with Crippen molar-refractivity contribution in [1.29, 1.82) is 0 Å². The molecule has 1 aromatic heterocycles. The minimum Gasteiger partial charge on any atom is -0.493 e. The van der Waals surface area contributed by atoms with Crippen LogP contribution in [0.3, 0.4) is 0 Å². The van der Waals surface area contributed by atoms with E-state index in [1.165, 1.54) is 0 Å². The fraction of sp³-hybridized carbons (Fsp3) is 0.345. The van der Waals surface area contributed by atoms with Crippen LogP contribution in [-0.4, -0.2) is 108 Å². The minimum absolute atomic E-state index is 0.453. The number of aromatic nitrogens is 1. The highest BCUT2D eigenvalue weighted by atomic mass is 16.6. The third kappa shape index (κ3) is 6.92. The monoisotopic (exact) mass is 583 g/mol. The average Bonchev–Trinajstić information content (AvgIpc) is 3.48. The summed E-state index contributed by atoms with van der Waals surface area (Å²) in [6.45, 7) is 3.21. The topological polar surface area (TPSA) is 183 Å². The van der Waals surface area contributed by atoms with Crippen molar-refractivity contribution in [2.75, 3.05) is 41.5 Å². The number of likely N-dealkylation sites (N-methyl/N-ethyl adjacent to an activating group) is 1. The van der Waals surface area contributed by atoms with E-state index in [0.29, 0.717) is 23.8 Å². The lowest BCUT2D eigenvalue weighted by molar-refractivity contribution is -0.165. The predicted molar refractivity (Wildman–Crippen MR) is 153 cm³/mol. The lowest BCUT2D eigenvalue weighted by atomic mass is 10.1. The van der Waals surface area contributed by atoms with Crippen LogP contribution in [0, 0.1) is 12.3 Å². The Hall–Kier alpha value is -4.77. The number of carboxylic acids is 2. The number of carboxylic acid groups (broad SMARTS) is 2. The van der Waals surface area contributed by atoms with Crippen LogP contribution in [0.2, 0.25) is 0 Å². The highest BCUT2D eigenvalue weighted by molar-refractivity contribution is 6.30. The first-order valence-electron chi connectivity index (χ1n) is 12.7. The molecule has 0 amide bonds. The van der Waals surface area contributed by atoms with Crippen molar-refractivity contribution in [1.82, 2.24) is 9.88 Å². The van der Waals surface area contributed by atoms with Crippen LogP contribution < -0.4 is 14.2 Å². The van der Waals surface area contributed by atoms with Gasteiger partial charge in [-0.2, -0.15) is 0 Å². The molecule has 1 heterocycles. The largest absolute Gasteiger partial charge is 0.493 e. The number of fused-ring (bicyclic) bond motifs is 5. The summed E-state index contributed by atoms with van der Waals surface area (Å²) in [5.74, 6) is 1.06. The maximum Gasteiger partial charge on any atom is 0.335 e. The molecule has 0 radical (unpaired) electrons. The second kappa shape index (κ2) is 13.7. The zero-order valence-electron chi connectivity index (χ0n) is 23.7. The van der Waals surface area contributed by atoms with Crippen molar-refractivity contribution in [3.05, 3.63) is 41.5 Å². The number of aromatic amines is 1. The number of aliphatic carboxylic acids is 2. The first kappa shape index (κ1) is 31.8. The third-order valence-corrected chi connectivity index (χ3v) is 6.20. The number of methoxy groups -OCH3 is 2. The molecular formula is C29H33N3O10. The van der Waals surface area contributed by atoms with Crippen LogP contribution in [0.25, 0.3) is 22.2 Å². The molecule has 2 unspecified atom stereocenters. The Morgan fingerprint density at radius 1 is 1.02 bits per heavy atom. The number of nitrogens with zero attached hydrogens (tertiary/aromatic N) is 2. The summed E-state index contributed by atoms with van der Waals surface area (Å²) in [6.07, 6.45) is 0.495. The van der Waals surface area contributed by atoms with Gasteiger partial charge in [-0.1, -0.05) is 11.1 Å². The Bertz CT molecular complexity index is 1500. The third-order valence-electron chi connectivity index (χ3n) is 6.20. The zero-order chi connectivity index (χ0) is 31.1. The molecule has 1 aliphatic carbocycles. The molecule has 13 nitrogen and oxygen atoms in total. The number of carbonyl (C=O) groups is 2. The lowest BCUT2D eigenvalue weighted by Crippen LogP contribution is -2.39. The molecule has 0 saturated carbocycles. The van der Waals surface area contributed by atoms with Gasteiger partial charge in [0.2, 0.25) is 0 Å². The summed E-state index contributed by atoms with van der Waals surface area (Å²) in [4.78, 5) is 30.7. The van der Waals surface area contributed by atoms with Crippen molar-refractivity contribution in [2.45, 2.75) is 25.2 Å². The van der Waals surface area contributed by atoms with E-state index in [4.69, 9.17) is 45.9 Å². The van der Waals surface area contributed by atoms with Gasteiger partial charge >= 0.3 is 11.9 Å². The second-order valence-electron chi connectivity index (χ2n) is 9.41. The second-order valence-corrected chi connectivity index (χ2v) is 9.41. The number of oxime groups is 1. The van der Waals surface area contributed by atoms with E-state index in [1.807, 2.05) is 44.4 Å². The molecule has 2 aromatic carbocycles. The molecule has 1 aliphatic rings. The maximum atomic E-state index is 9.77.